The first kappa shape index (κ1) is 20.9. The zero-order valence-electron chi connectivity index (χ0n) is 16.9. The molecule has 0 spiro atoms. The lowest BCUT2D eigenvalue weighted by atomic mass is 9.98. The molecule has 0 aliphatic heterocycles. The Kier molecular flexibility index (Phi) is 6.96. The van der Waals surface area contributed by atoms with Crippen LogP contribution in [0.4, 0.5) is 15.6 Å². The third-order valence-corrected chi connectivity index (χ3v) is 5.72. The lowest BCUT2D eigenvalue weighted by Gasteiger charge is -2.15. The monoisotopic (exact) mass is 388 g/mol. The smallest absolute Gasteiger partial charge is 0.321 e. The Bertz CT molecular complexity index is 832. The zero-order chi connectivity index (χ0) is 20.1. The highest BCUT2D eigenvalue weighted by Crippen LogP contribution is 2.29. The number of rotatable bonds is 6. The lowest BCUT2D eigenvalue weighted by Crippen LogP contribution is -2.29. The molecule has 0 radical (unpaired) electrons. The Hall–Kier alpha value is -2.41. The first-order valence-electron chi connectivity index (χ1n) is 9.15. The molecule has 0 saturated carbocycles. The topological polar surface area (TPSA) is 83.1 Å². The van der Waals surface area contributed by atoms with Crippen LogP contribution >= 0.6 is 11.3 Å². The highest BCUT2D eigenvalue weighted by molar-refractivity contribution is 7.17. The molecule has 0 aliphatic rings. The van der Waals surface area contributed by atoms with E-state index in [1.54, 1.807) is 6.92 Å². The van der Waals surface area contributed by atoms with Crippen LogP contribution in [0.25, 0.3) is 0 Å². The van der Waals surface area contributed by atoms with Gasteiger partial charge in [-0.15, -0.1) is 0 Å². The summed E-state index contributed by atoms with van der Waals surface area (Å²) in [6.07, 6.45) is 1.94. The number of hydrogen-bond donors (Lipinski definition) is 3. The molecule has 0 aliphatic carbocycles. The van der Waals surface area contributed by atoms with Crippen LogP contribution < -0.4 is 16.0 Å². The minimum absolute atomic E-state index is 0.208. The van der Waals surface area contributed by atoms with Gasteiger partial charge < -0.3 is 10.6 Å². The fourth-order valence-corrected chi connectivity index (χ4v) is 3.61. The first-order valence-corrected chi connectivity index (χ1v) is 9.97. The van der Waals surface area contributed by atoms with E-state index in [4.69, 9.17) is 0 Å². The van der Waals surface area contributed by atoms with Gasteiger partial charge in [0.1, 0.15) is 4.88 Å². The van der Waals surface area contributed by atoms with Crippen LogP contribution in [0.1, 0.15) is 57.4 Å². The third kappa shape index (κ3) is 5.07. The van der Waals surface area contributed by atoms with Gasteiger partial charge in [-0.05, 0) is 63.3 Å². The minimum Gasteiger partial charge on any atom is -0.338 e. The molecule has 1 heterocycles. The van der Waals surface area contributed by atoms with Crippen LogP contribution in [-0.2, 0) is 0 Å². The molecular weight excluding hydrogens is 360 g/mol. The SMILES string of the molecule is CCCCNC(=O)Nc1nc(C)c(C(=O)Nc2c(C)c(C)cc(C)c2C)s1. The van der Waals surface area contributed by atoms with E-state index < -0.39 is 0 Å². The number of benzene rings is 1. The Morgan fingerprint density at radius 2 is 1.67 bits per heavy atom. The summed E-state index contributed by atoms with van der Waals surface area (Å²) in [7, 11) is 0. The van der Waals surface area contributed by atoms with E-state index in [0.29, 0.717) is 22.2 Å². The maximum Gasteiger partial charge on any atom is 0.321 e. The fourth-order valence-electron chi connectivity index (χ4n) is 2.76. The molecule has 0 saturated heterocycles. The lowest BCUT2D eigenvalue weighted by molar-refractivity contribution is 0.102. The van der Waals surface area contributed by atoms with Gasteiger partial charge in [0, 0.05) is 12.2 Å². The molecule has 146 valence electrons. The van der Waals surface area contributed by atoms with Crippen LogP contribution in [0.5, 0.6) is 0 Å². The molecule has 3 amide bonds. The van der Waals surface area contributed by atoms with E-state index in [0.717, 1.165) is 40.8 Å². The van der Waals surface area contributed by atoms with Gasteiger partial charge >= 0.3 is 6.03 Å². The number of amides is 3. The summed E-state index contributed by atoms with van der Waals surface area (Å²) in [6.45, 7) is 12.5. The molecule has 1 aromatic heterocycles. The zero-order valence-corrected chi connectivity index (χ0v) is 17.7. The molecule has 27 heavy (non-hydrogen) atoms. The predicted molar refractivity (Wildman–Crippen MR) is 112 cm³/mol. The summed E-state index contributed by atoms with van der Waals surface area (Å²) in [4.78, 5) is 29.5. The molecule has 6 nitrogen and oxygen atoms in total. The molecule has 3 N–H and O–H groups in total. The largest absolute Gasteiger partial charge is 0.338 e. The van der Waals surface area contributed by atoms with Gasteiger partial charge in [-0.1, -0.05) is 30.7 Å². The number of carbonyl (C=O) groups is 2. The number of carbonyl (C=O) groups excluding carboxylic acids is 2. The van der Waals surface area contributed by atoms with E-state index in [9.17, 15) is 9.59 Å². The number of aryl methyl sites for hydroxylation is 3. The van der Waals surface area contributed by atoms with Crippen molar-refractivity contribution in [3.05, 3.63) is 38.9 Å². The number of nitrogens with zero attached hydrogens (tertiary/aromatic N) is 1. The molecule has 0 unspecified atom stereocenters. The average Bonchev–Trinajstić information content (AvgIpc) is 2.97. The van der Waals surface area contributed by atoms with Gasteiger partial charge in [0.25, 0.3) is 5.91 Å². The van der Waals surface area contributed by atoms with Crippen molar-refractivity contribution in [1.82, 2.24) is 10.3 Å². The molecule has 2 rings (SSSR count). The standard InChI is InChI=1S/C20H28N4O2S/c1-7-8-9-21-19(26)24-20-22-15(6)17(27-20)18(25)23-16-13(4)11(2)10-12(3)14(16)5/h10H,7-9H2,1-6H3,(H,23,25)(H2,21,22,24,26). The van der Waals surface area contributed by atoms with E-state index in [2.05, 4.69) is 33.9 Å². The maximum atomic E-state index is 12.8. The molecule has 0 atom stereocenters. The first-order chi connectivity index (χ1) is 12.7. The molecule has 7 heteroatoms. The van der Waals surface area contributed by atoms with Crippen LogP contribution in [-0.4, -0.2) is 23.5 Å². The fraction of sp³-hybridized carbons (Fsp3) is 0.450. The van der Waals surface area contributed by atoms with Crippen molar-refractivity contribution < 1.29 is 9.59 Å². The van der Waals surface area contributed by atoms with Gasteiger partial charge in [-0.25, -0.2) is 9.78 Å². The normalized spacial score (nSPS) is 10.6. The number of anilines is 2. The van der Waals surface area contributed by atoms with Crippen molar-refractivity contribution in [2.45, 2.75) is 54.4 Å². The summed E-state index contributed by atoms with van der Waals surface area (Å²) < 4.78 is 0. The third-order valence-electron chi connectivity index (χ3n) is 4.64. The quantitative estimate of drug-likeness (QED) is 0.618. The summed E-state index contributed by atoms with van der Waals surface area (Å²) in [5.41, 5.74) is 5.84. The Morgan fingerprint density at radius 3 is 2.26 bits per heavy atom. The van der Waals surface area contributed by atoms with Crippen molar-refractivity contribution in [1.29, 1.82) is 0 Å². The Morgan fingerprint density at radius 1 is 1.04 bits per heavy atom. The number of urea groups is 1. The number of thiazole rings is 1. The van der Waals surface area contributed by atoms with Gasteiger partial charge in [0.2, 0.25) is 0 Å². The van der Waals surface area contributed by atoms with Gasteiger partial charge in [0.15, 0.2) is 5.13 Å². The van der Waals surface area contributed by atoms with Crippen molar-refractivity contribution in [3.8, 4) is 0 Å². The van der Waals surface area contributed by atoms with E-state index in [1.807, 2.05) is 27.7 Å². The van der Waals surface area contributed by atoms with Gasteiger partial charge in [0.05, 0.1) is 5.69 Å². The second kappa shape index (κ2) is 8.99. The highest BCUT2D eigenvalue weighted by atomic mass is 32.1. The van der Waals surface area contributed by atoms with Gasteiger partial charge in [-0.3, -0.25) is 10.1 Å². The number of nitrogens with one attached hydrogen (secondary N) is 3. The highest BCUT2D eigenvalue weighted by Gasteiger charge is 2.19. The summed E-state index contributed by atoms with van der Waals surface area (Å²) in [5, 5.41) is 8.92. The number of hydrogen-bond acceptors (Lipinski definition) is 4. The molecule has 2 aromatic rings. The van der Waals surface area contributed by atoms with E-state index in [-0.39, 0.29) is 11.9 Å². The number of aromatic nitrogens is 1. The summed E-state index contributed by atoms with van der Waals surface area (Å²) in [5.74, 6) is -0.208. The Labute approximate surface area is 164 Å². The summed E-state index contributed by atoms with van der Waals surface area (Å²) in [6, 6.07) is 1.82. The average molecular weight is 389 g/mol. The molecular formula is C20H28N4O2S. The van der Waals surface area contributed by atoms with Gasteiger partial charge in [-0.2, -0.15) is 0 Å². The molecule has 0 fully saturated rings. The van der Waals surface area contributed by atoms with Crippen LogP contribution in [0.15, 0.2) is 6.07 Å². The van der Waals surface area contributed by atoms with Crippen molar-refractivity contribution in [2.75, 3.05) is 17.2 Å². The molecule has 0 bridgehead atoms. The van der Waals surface area contributed by atoms with Crippen LogP contribution in [0, 0.1) is 34.6 Å². The van der Waals surface area contributed by atoms with E-state index in [1.165, 1.54) is 11.3 Å². The van der Waals surface area contributed by atoms with E-state index >= 15 is 0 Å². The second-order valence-corrected chi connectivity index (χ2v) is 7.76. The van der Waals surface area contributed by atoms with Crippen molar-refractivity contribution in [3.63, 3.8) is 0 Å². The maximum absolute atomic E-state index is 12.8. The number of unbranched alkanes of at least 4 members (excludes halogenated alkanes) is 1. The second-order valence-electron chi connectivity index (χ2n) is 6.76. The minimum atomic E-state index is -0.301. The van der Waals surface area contributed by atoms with Crippen LogP contribution in [0.3, 0.4) is 0 Å². The molecule has 1 aromatic carbocycles. The van der Waals surface area contributed by atoms with Crippen LogP contribution in [0.2, 0.25) is 0 Å². The van der Waals surface area contributed by atoms with Crippen molar-refractivity contribution >= 4 is 34.1 Å². The summed E-state index contributed by atoms with van der Waals surface area (Å²) >= 11 is 1.18. The predicted octanol–water partition coefficient (Wildman–Crippen LogP) is 4.86. The van der Waals surface area contributed by atoms with Crippen molar-refractivity contribution in [2.24, 2.45) is 0 Å². The Balaban J connectivity index is 2.14.